The molecule has 0 amide bonds. The first kappa shape index (κ1) is 14.8. The second kappa shape index (κ2) is 6.25. The summed E-state index contributed by atoms with van der Waals surface area (Å²) in [5.74, 6) is -0.372. The predicted octanol–water partition coefficient (Wildman–Crippen LogP) is 3.82. The fourth-order valence-corrected chi connectivity index (χ4v) is 2.27. The van der Waals surface area contributed by atoms with Gasteiger partial charge in [-0.25, -0.2) is 4.39 Å². The minimum Gasteiger partial charge on any atom is -0.388 e. The number of rotatable bonds is 4. The van der Waals surface area contributed by atoms with Crippen molar-refractivity contribution in [1.82, 2.24) is 0 Å². The third-order valence-corrected chi connectivity index (χ3v) is 3.55. The van der Waals surface area contributed by atoms with Crippen molar-refractivity contribution in [3.05, 3.63) is 64.4 Å². The lowest BCUT2D eigenvalue weighted by Gasteiger charge is -2.17. The maximum atomic E-state index is 13.0. The molecule has 0 aliphatic heterocycles. The van der Waals surface area contributed by atoms with Crippen molar-refractivity contribution < 1.29 is 9.50 Å². The zero-order chi connectivity index (χ0) is 14.7. The van der Waals surface area contributed by atoms with Crippen LogP contribution in [0.5, 0.6) is 0 Å². The van der Waals surface area contributed by atoms with E-state index in [9.17, 15) is 9.50 Å². The summed E-state index contributed by atoms with van der Waals surface area (Å²) >= 11 is 5.98. The molecule has 2 rings (SSSR count). The number of aliphatic hydroxyl groups excluding tert-OH is 1. The summed E-state index contributed by atoms with van der Waals surface area (Å²) in [5, 5.41) is 10.6. The van der Waals surface area contributed by atoms with Crippen LogP contribution in [-0.4, -0.2) is 19.2 Å². The highest BCUT2D eigenvalue weighted by molar-refractivity contribution is 6.31. The van der Waals surface area contributed by atoms with E-state index in [4.69, 9.17) is 11.6 Å². The minimum absolute atomic E-state index is 0.341. The minimum atomic E-state index is -0.669. The van der Waals surface area contributed by atoms with E-state index >= 15 is 0 Å². The molecule has 0 aromatic heterocycles. The van der Waals surface area contributed by atoms with Crippen molar-refractivity contribution in [3.8, 4) is 0 Å². The topological polar surface area (TPSA) is 23.5 Å². The molecule has 0 aliphatic rings. The Morgan fingerprint density at radius 3 is 2.60 bits per heavy atom. The molecule has 1 N–H and O–H groups in total. The molecule has 0 saturated heterocycles. The van der Waals surface area contributed by atoms with Crippen LogP contribution in [0.3, 0.4) is 0 Å². The highest BCUT2D eigenvalue weighted by Crippen LogP contribution is 2.26. The van der Waals surface area contributed by atoms with E-state index in [2.05, 4.69) is 0 Å². The van der Waals surface area contributed by atoms with Gasteiger partial charge in [-0.15, -0.1) is 0 Å². The monoisotopic (exact) mass is 293 g/mol. The summed E-state index contributed by atoms with van der Waals surface area (Å²) in [6.07, 6.45) is -0.312. The fraction of sp³-hybridized carbons (Fsp3) is 0.250. The molecular formula is C16H17ClFNO. The first-order valence-electron chi connectivity index (χ1n) is 6.36. The van der Waals surface area contributed by atoms with Crippen LogP contribution in [0.25, 0.3) is 0 Å². The van der Waals surface area contributed by atoms with E-state index in [1.807, 2.05) is 43.3 Å². The van der Waals surface area contributed by atoms with Gasteiger partial charge in [0, 0.05) is 31.2 Å². The van der Waals surface area contributed by atoms with Crippen molar-refractivity contribution in [2.75, 3.05) is 19.0 Å². The summed E-state index contributed by atoms with van der Waals surface area (Å²) in [4.78, 5) is 1.97. The molecule has 1 unspecified atom stereocenters. The van der Waals surface area contributed by atoms with Crippen LogP contribution in [0.15, 0.2) is 42.5 Å². The smallest absolute Gasteiger partial charge is 0.124 e. The van der Waals surface area contributed by atoms with Gasteiger partial charge in [0.2, 0.25) is 0 Å². The molecular weight excluding hydrogens is 277 g/mol. The number of hydrogen-bond donors (Lipinski definition) is 1. The van der Waals surface area contributed by atoms with Crippen molar-refractivity contribution in [2.45, 2.75) is 12.5 Å². The van der Waals surface area contributed by atoms with Gasteiger partial charge >= 0.3 is 0 Å². The summed E-state index contributed by atoms with van der Waals surface area (Å²) in [7, 11) is 3.89. The largest absolute Gasteiger partial charge is 0.388 e. The standard InChI is InChI=1S/C16H17ClFNO/c1-19(2)14-5-3-4-12(8-14)16(20)9-11-6-7-13(18)10-15(11)17/h3-8,10,16,20H,9H2,1-2H3. The molecule has 20 heavy (non-hydrogen) atoms. The van der Waals surface area contributed by atoms with E-state index in [0.29, 0.717) is 11.4 Å². The SMILES string of the molecule is CN(C)c1cccc(C(O)Cc2ccc(F)cc2Cl)c1. The summed E-state index contributed by atoms with van der Waals surface area (Å²) in [5.41, 5.74) is 2.57. The van der Waals surface area contributed by atoms with Crippen LogP contribution in [0, 0.1) is 5.82 Å². The lowest BCUT2D eigenvalue weighted by molar-refractivity contribution is 0.178. The Morgan fingerprint density at radius 1 is 1.20 bits per heavy atom. The maximum absolute atomic E-state index is 13.0. The van der Waals surface area contributed by atoms with Gasteiger partial charge in [0.1, 0.15) is 5.82 Å². The zero-order valence-electron chi connectivity index (χ0n) is 11.5. The van der Waals surface area contributed by atoms with E-state index < -0.39 is 6.10 Å². The summed E-state index contributed by atoms with van der Waals surface area (Å²) in [6, 6.07) is 11.9. The van der Waals surface area contributed by atoms with E-state index in [0.717, 1.165) is 16.8 Å². The third kappa shape index (κ3) is 3.50. The number of halogens is 2. The molecule has 1 atom stereocenters. The molecule has 0 aliphatic carbocycles. The molecule has 0 radical (unpaired) electrons. The van der Waals surface area contributed by atoms with Crippen molar-refractivity contribution >= 4 is 17.3 Å². The fourth-order valence-electron chi connectivity index (χ4n) is 2.02. The highest BCUT2D eigenvalue weighted by Gasteiger charge is 2.12. The normalized spacial score (nSPS) is 12.2. The Hall–Kier alpha value is -1.58. The van der Waals surface area contributed by atoms with Gasteiger partial charge < -0.3 is 10.0 Å². The number of hydrogen-bond acceptors (Lipinski definition) is 2. The Morgan fingerprint density at radius 2 is 1.95 bits per heavy atom. The molecule has 0 heterocycles. The van der Waals surface area contributed by atoms with Crippen molar-refractivity contribution in [2.24, 2.45) is 0 Å². The quantitative estimate of drug-likeness (QED) is 0.926. The summed E-state index contributed by atoms with van der Waals surface area (Å²) in [6.45, 7) is 0. The number of nitrogens with zero attached hydrogens (tertiary/aromatic N) is 1. The Labute approximate surface area is 123 Å². The second-order valence-corrected chi connectivity index (χ2v) is 5.35. The van der Waals surface area contributed by atoms with Gasteiger partial charge in [-0.2, -0.15) is 0 Å². The molecule has 0 spiro atoms. The Balaban J connectivity index is 2.19. The summed E-state index contributed by atoms with van der Waals surface area (Å²) < 4.78 is 13.0. The van der Waals surface area contributed by atoms with Gasteiger partial charge in [0.15, 0.2) is 0 Å². The van der Waals surface area contributed by atoms with E-state index in [1.54, 1.807) is 6.07 Å². The molecule has 2 nitrogen and oxygen atoms in total. The van der Waals surface area contributed by atoms with Crippen LogP contribution < -0.4 is 4.90 Å². The van der Waals surface area contributed by atoms with Crippen LogP contribution in [0.2, 0.25) is 5.02 Å². The van der Waals surface area contributed by atoms with Crippen LogP contribution in [-0.2, 0) is 6.42 Å². The molecule has 4 heteroatoms. The first-order chi connectivity index (χ1) is 9.47. The lowest BCUT2D eigenvalue weighted by atomic mass is 10.0. The van der Waals surface area contributed by atoms with Gasteiger partial charge in [0.05, 0.1) is 6.10 Å². The highest BCUT2D eigenvalue weighted by atomic mass is 35.5. The van der Waals surface area contributed by atoms with Gasteiger partial charge in [-0.1, -0.05) is 29.8 Å². The molecule has 0 fully saturated rings. The average Bonchev–Trinajstić information content (AvgIpc) is 2.42. The predicted molar refractivity (Wildman–Crippen MR) is 80.8 cm³/mol. The van der Waals surface area contributed by atoms with Crippen LogP contribution >= 0.6 is 11.6 Å². The Bertz CT molecular complexity index is 601. The van der Waals surface area contributed by atoms with Crippen molar-refractivity contribution in [1.29, 1.82) is 0 Å². The van der Waals surface area contributed by atoms with Gasteiger partial charge in [-0.05, 0) is 35.4 Å². The maximum Gasteiger partial charge on any atom is 0.124 e. The van der Waals surface area contributed by atoms with Crippen molar-refractivity contribution in [3.63, 3.8) is 0 Å². The average molecular weight is 294 g/mol. The molecule has 106 valence electrons. The zero-order valence-corrected chi connectivity index (χ0v) is 12.2. The number of benzene rings is 2. The number of aliphatic hydroxyl groups is 1. The van der Waals surface area contributed by atoms with Gasteiger partial charge in [-0.3, -0.25) is 0 Å². The van der Waals surface area contributed by atoms with E-state index in [1.165, 1.54) is 12.1 Å². The van der Waals surface area contributed by atoms with Crippen LogP contribution in [0.1, 0.15) is 17.2 Å². The van der Waals surface area contributed by atoms with E-state index in [-0.39, 0.29) is 5.82 Å². The Kier molecular flexibility index (Phi) is 4.63. The molecule has 2 aromatic carbocycles. The third-order valence-electron chi connectivity index (χ3n) is 3.20. The molecule has 0 bridgehead atoms. The first-order valence-corrected chi connectivity index (χ1v) is 6.74. The molecule has 0 saturated carbocycles. The molecule has 2 aromatic rings. The second-order valence-electron chi connectivity index (χ2n) is 4.95. The van der Waals surface area contributed by atoms with Crippen LogP contribution in [0.4, 0.5) is 10.1 Å². The number of anilines is 1. The lowest BCUT2D eigenvalue weighted by Crippen LogP contribution is -2.10. The van der Waals surface area contributed by atoms with Gasteiger partial charge in [0.25, 0.3) is 0 Å².